The van der Waals surface area contributed by atoms with Gasteiger partial charge in [-0.25, -0.2) is 0 Å². The molecule has 1 aliphatic rings. The molecule has 0 aromatic rings. The van der Waals surface area contributed by atoms with Crippen LogP contribution in [0, 0.1) is 0 Å². The molecule has 0 saturated carbocycles. The molecule has 86 valence electrons. The summed E-state index contributed by atoms with van der Waals surface area (Å²) in [6, 6.07) is 0. The lowest BCUT2D eigenvalue weighted by molar-refractivity contribution is -0.136. The molecule has 0 atom stereocenters. The van der Waals surface area contributed by atoms with Crippen molar-refractivity contribution in [2.24, 2.45) is 0 Å². The number of hydrogen-bond donors (Lipinski definition) is 0. The molecule has 1 rings (SSSR count). The van der Waals surface area contributed by atoms with E-state index in [0.717, 1.165) is 6.29 Å². The molecular formula is C12H15NO3. The fraction of sp³-hybridized carbons (Fsp3) is 0.417. The van der Waals surface area contributed by atoms with Crippen molar-refractivity contribution in [1.82, 2.24) is 4.90 Å². The van der Waals surface area contributed by atoms with Crippen molar-refractivity contribution in [2.45, 2.75) is 26.7 Å². The number of imide groups is 1. The SMILES string of the molecule is C/C=C1/C(=O)N(CCCC=O)C(=O)/C1=C/C. The van der Waals surface area contributed by atoms with E-state index in [2.05, 4.69) is 0 Å². The van der Waals surface area contributed by atoms with Crippen molar-refractivity contribution < 1.29 is 14.4 Å². The van der Waals surface area contributed by atoms with E-state index >= 15 is 0 Å². The molecule has 0 aromatic carbocycles. The van der Waals surface area contributed by atoms with Gasteiger partial charge in [-0.3, -0.25) is 14.5 Å². The fourth-order valence-electron chi connectivity index (χ4n) is 1.71. The summed E-state index contributed by atoms with van der Waals surface area (Å²) in [6.07, 6.45) is 4.98. The third-order valence-electron chi connectivity index (χ3n) is 2.52. The van der Waals surface area contributed by atoms with Gasteiger partial charge in [-0.2, -0.15) is 0 Å². The van der Waals surface area contributed by atoms with Crippen molar-refractivity contribution >= 4 is 18.1 Å². The maximum Gasteiger partial charge on any atom is 0.261 e. The molecule has 1 heterocycles. The van der Waals surface area contributed by atoms with Crippen LogP contribution in [-0.2, 0) is 14.4 Å². The van der Waals surface area contributed by atoms with E-state index in [1.807, 2.05) is 0 Å². The maximum absolute atomic E-state index is 11.8. The quantitative estimate of drug-likeness (QED) is 0.310. The Bertz CT molecular complexity index is 350. The van der Waals surface area contributed by atoms with Crippen molar-refractivity contribution in [3.8, 4) is 0 Å². The van der Waals surface area contributed by atoms with Gasteiger partial charge in [-0.15, -0.1) is 0 Å². The Balaban J connectivity index is 2.85. The van der Waals surface area contributed by atoms with E-state index in [1.54, 1.807) is 26.0 Å². The topological polar surface area (TPSA) is 54.5 Å². The van der Waals surface area contributed by atoms with Crippen molar-refractivity contribution in [2.75, 3.05) is 6.54 Å². The first-order valence-electron chi connectivity index (χ1n) is 5.30. The molecule has 0 bridgehead atoms. The minimum Gasteiger partial charge on any atom is -0.303 e. The van der Waals surface area contributed by atoms with Crippen molar-refractivity contribution in [3.05, 3.63) is 23.3 Å². The number of hydrogen-bond acceptors (Lipinski definition) is 3. The number of allylic oxidation sites excluding steroid dienone is 2. The summed E-state index contributed by atoms with van der Waals surface area (Å²) in [7, 11) is 0. The molecule has 0 spiro atoms. The molecule has 2 amide bonds. The van der Waals surface area contributed by atoms with Crippen LogP contribution in [0.25, 0.3) is 0 Å². The highest BCUT2D eigenvalue weighted by molar-refractivity contribution is 6.24. The van der Waals surface area contributed by atoms with E-state index in [1.165, 1.54) is 4.90 Å². The van der Waals surface area contributed by atoms with Crippen LogP contribution in [0.15, 0.2) is 23.3 Å². The van der Waals surface area contributed by atoms with Gasteiger partial charge in [-0.05, 0) is 20.3 Å². The Labute approximate surface area is 94.6 Å². The smallest absolute Gasteiger partial charge is 0.261 e. The molecule has 4 nitrogen and oxygen atoms in total. The van der Waals surface area contributed by atoms with Crippen LogP contribution in [0.2, 0.25) is 0 Å². The van der Waals surface area contributed by atoms with Crippen molar-refractivity contribution in [3.63, 3.8) is 0 Å². The lowest BCUT2D eigenvalue weighted by Crippen LogP contribution is -2.30. The van der Waals surface area contributed by atoms with Crippen LogP contribution in [-0.4, -0.2) is 29.5 Å². The molecule has 0 aromatic heterocycles. The lowest BCUT2D eigenvalue weighted by atomic mass is 10.1. The second kappa shape index (κ2) is 5.39. The first-order valence-corrected chi connectivity index (χ1v) is 5.30. The van der Waals surface area contributed by atoms with E-state index in [0.29, 0.717) is 30.5 Å². The second-order valence-corrected chi connectivity index (χ2v) is 3.48. The Hall–Kier alpha value is -1.71. The summed E-state index contributed by atoms with van der Waals surface area (Å²) >= 11 is 0. The van der Waals surface area contributed by atoms with Gasteiger partial charge in [0.1, 0.15) is 6.29 Å². The normalized spacial score (nSPS) is 21.2. The van der Waals surface area contributed by atoms with Crippen LogP contribution >= 0.6 is 0 Å². The molecule has 0 aliphatic carbocycles. The van der Waals surface area contributed by atoms with E-state index in [4.69, 9.17) is 0 Å². The van der Waals surface area contributed by atoms with Gasteiger partial charge in [0.2, 0.25) is 0 Å². The largest absolute Gasteiger partial charge is 0.303 e. The number of carbonyl (C=O) groups excluding carboxylic acids is 3. The third-order valence-corrected chi connectivity index (χ3v) is 2.52. The summed E-state index contributed by atoms with van der Waals surface area (Å²) in [5.74, 6) is -0.516. The summed E-state index contributed by atoms with van der Waals surface area (Å²) in [5.41, 5.74) is 0.914. The zero-order chi connectivity index (χ0) is 12.1. The molecule has 4 heteroatoms. The summed E-state index contributed by atoms with van der Waals surface area (Å²) in [4.78, 5) is 35.0. The number of likely N-dealkylation sites (tertiary alicyclic amines) is 1. The molecule has 1 saturated heterocycles. The number of nitrogens with zero attached hydrogens (tertiary/aromatic N) is 1. The van der Waals surface area contributed by atoms with Crippen LogP contribution in [0.3, 0.4) is 0 Å². The molecular weight excluding hydrogens is 206 g/mol. The molecule has 16 heavy (non-hydrogen) atoms. The minimum atomic E-state index is -0.258. The summed E-state index contributed by atoms with van der Waals surface area (Å²) < 4.78 is 0. The number of carbonyl (C=O) groups is 3. The second-order valence-electron chi connectivity index (χ2n) is 3.48. The predicted octanol–water partition coefficient (Wildman–Crippen LogP) is 1.23. The first-order chi connectivity index (χ1) is 7.67. The van der Waals surface area contributed by atoms with Crippen LogP contribution in [0.1, 0.15) is 26.7 Å². The lowest BCUT2D eigenvalue weighted by Gasteiger charge is -2.11. The van der Waals surface area contributed by atoms with Gasteiger partial charge in [0.25, 0.3) is 11.8 Å². The molecule has 1 aliphatic heterocycles. The Morgan fingerprint density at radius 2 is 1.56 bits per heavy atom. The number of aldehydes is 1. The average Bonchev–Trinajstić information content (AvgIpc) is 2.52. The Kier molecular flexibility index (Phi) is 4.17. The van der Waals surface area contributed by atoms with Crippen LogP contribution in [0.4, 0.5) is 0 Å². The summed E-state index contributed by atoms with van der Waals surface area (Å²) in [5, 5.41) is 0. The maximum atomic E-state index is 11.8. The van der Waals surface area contributed by atoms with Crippen LogP contribution in [0.5, 0.6) is 0 Å². The number of rotatable bonds is 4. The standard InChI is InChI=1S/C12H15NO3/c1-3-9-10(4-2)12(16)13(11(9)15)7-5-6-8-14/h3-4,8H,5-7H2,1-2H3/b9-3+,10-4+. The van der Waals surface area contributed by atoms with E-state index in [9.17, 15) is 14.4 Å². The van der Waals surface area contributed by atoms with Gasteiger partial charge in [0.05, 0.1) is 0 Å². The van der Waals surface area contributed by atoms with Gasteiger partial charge < -0.3 is 4.79 Å². The highest BCUT2D eigenvalue weighted by atomic mass is 16.2. The predicted molar refractivity (Wildman–Crippen MR) is 59.5 cm³/mol. The van der Waals surface area contributed by atoms with E-state index in [-0.39, 0.29) is 11.8 Å². The van der Waals surface area contributed by atoms with Crippen LogP contribution < -0.4 is 0 Å². The number of amides is 2. The van der Waals surface area contributed by atoms with Crippen molar-refractivity contribution in [1.29, 1.82) is 0 Å². The van der Waals surface area contributed by atoms with Gasteiger partial charge >= 0.3 is 0 Å². The zero-order valence-electron chi connectivity index (χ0n) is 9.53. The van der Waals surface area contributed by atoms with E-state index < -0.39 is 0 Å². The molecule has 1 fully saturated rings. The fourth-order valence-corrected chi connectivity index (χ4v) is 1.71. The molecule has 0 unspecified atom stereocenters. The minimum absolute atomic E-state index is 0.258. The van der Waals surface area contributed by atoms with Gasteiger partial charge in [0.15, 0.2) is 0 Å². The van der Waals surface area contributed by atoms with Gasteiger partial charge in [-0.1, -0.05) is 12.2 Å². The zero-order valence-corrected chi connectivity index (χ0v) is 9.53. The molecule has 0 N–H and O–H groups in total. The Morgan fingerprint density at radius 3 is 1.94 bits per heavy atom. The highest BCUT2D eigenvalue weighted by Crippen LogP contribution is 2.24. The third kappa shape index (κ3) is 2.10. The Morgan fingerprint density at radius 1 is 1.06 bits per heavy atom. The average molecular weight is 221 g/mol. The number of unbranched alkanes of at least 4 members (excludes halogenated alkanes) is 1. The summed E-state index contributed by atoms with van der Waals surface area (Å²) in [6.45, 7) is 3.78. The van der Waals surface area contributed by atoms with Gasteiger partial charge in [0, 0.05) is 24.1 Å². The monoisotopic (exact) mass is 221 g/mol. The highest BCUT2D eigenvalue weighted by Gasteiger charge is 2.36. The first kappa shape index (κ1) is 12.4. The molecule has 0 radical (unpaired) electrons.